The Bertz CT molecular complexity index is 1390. The summed E-state index contributed by atoms with van der Waals surface area (Å²) in [6, 6.07) is 2.36. The lowest BCUT2D eigenvalue weighted by molar-refractivity contribution is -0.137. The SMILES string of the molecule is CCS(=O)(=O)c1nn2c(OC)ccnc2c1-c1nc2cc(C(F)(F)F)cnc2n1C. The third-order valence-electron chi connectivity index (χ3n) is 4.60. The molecule has 0 unspecified atom stereocenters. The van der Waals surface area contributed by atoms with Gasteiger partial charge in [0.1, 0.15) is 16.9 Å². The molecule has 0 saturated carbocycles. The van der Waals surface area contributed by atoms with E-state index in [9.17, 15) is 21.6 Å². The molecule has 0 spiro atoms. The number of imidazole rings is 1. The van der Waals surface area contributed by atoms with Crippen LogP contribution in [0.4, 0.5) is 13.2 Å². The third kappa shape index (κ3) is 2.96. The molecule has 0 bridgehead atoms. The molecule has 4 aromatic heterocycles. The van der Waals surface area contributed by atoms with Gasteiger partial charge in [0.2, 0.25) is 5.88 Å². The van der Waals surface area contributed by atoms with E-state index in [4.69, 9.17) is 4.74 Å². The first-order chi connectivity index (χ1) is 14.1. The number of fused-ring (bicyclic) bond motifs is 2. The maximum atomic E-state index is 13.1. The van der Waals surface area contributed by atoms with Crippen molar-refractivity contribution >= 4 is 26.6 Å². The lowest BCUT2D eigenvalue weighted by Crippen LogP contribution is -2.07. The van der Waals surface area contributed by atoms with Crippen LogP contribution in [0.2, 0.25) is 0 Å². The van der Waals surface area contributed by atoms with Gasteiger partial charge in [-0.3, -0.25) is 0 Å². The van der Waals surface area contributed by atoms with Gasteiger partial charge in [-0.2, -0.15) is 22.8 Å². The number of hydrogen-bond acceptors (Lipinski definition) is 7. The summed E-state index contributed by atoms with van der Waals surface area (Å²) < 4.78 is 72.5. The number of alkyl halides is 3. The van der Waals surface area contributed by atoms with Crippen LogP contribution in [0.15, 0.2) is 29.6 Å². The molecule has 4 heterocycles. The molecule has 0 N–H and O–H groups in total. The Hall–Kier alpha value is -3.22. The maximum Gasteiger partial charge on any atom is 0.417 e. The van der Waals surface area contributed by atoms with Crippen molar-refractivity contribution in [2.75, 3.05) is 12.9 Å². The van der Waals surface area contributed by atoms with E-state index in [1.54, 1.807) is 0 Å². The van der Waals surface area contributed by atoms with Gasteiger partial charge in [-0.1, -0.05) is 6.92 Å². The van der Waals surface area contributed by atoms with Gasteiger partial charge in [0.15, 0.2) is 26.2 Å². The van der Waals surface area contributed by atoms with Gasteiger partial charge in [0, 0.05) is 25.5 Å². The molecular weight excluding hydrogens is 425 g/mol. The predicted octanol–water partition coefficient (Wildman–Crippen LogP) is 2.50. The van der Waals surface area contributed by atoms with Gasteiger partial charge in [-0.15, -0.1) is 0 Å². The highest BCUT2D eigenvalue weighted by molar-refractivity contribution is 7.91. The fourth-order valence-electron chi connectivity index (χ4n) is 3.06. The molecule has 0 aromatic carbocycles. The summed E-state index contributed by atoms with van der Waals surface area (Å²) >= 11 is 0. The molecule has 13 heteroatoms. The average molecular weight is 440 g/mol. The molecule has 0 aliphatic heterocycles. The summed E-state index contributed by atoms with van der Waals surface area (Å²) in [6.45, 7) is 1.46. The van der Waals surface area contributed by atoms with Crippen LogP contribution in [0.5, 0.6) is 5.88 Å². The van der Waals surface area contributed by atoms with Crippen molar-refractivity contribution in [1.82, 2.24) is 29.1 Å². The number of sulfone groups is 1. The van der Waals surface area contributed by atoms with Crippen LogP contribution in [0.3, 0.4) is 0 Å². The van der Waals surface area contributed by atoms with E-state index in [2.05, 4.69) is 20.1 Å². The predicted molar refractivity (Wildman–Crippen MR) is 99.8 cm³/mol. The standard InChI is InChI=1S/C17H15F3N6O3S/c1-4-30(27,28)16-12(14-21-6-5-11(29-3)26(14)24-16)15-23-10-7-9(17(18,19)20)8-22-13(10)25(15)2/h5-8H,4H2,1-3H3. The zero-order valence-electron chi connectivity index (χ0n) is 16.0. The summed E-state index contributed by atoms with van der Waals surface area (Å²) in [5.74, 6) is 0.0572. The molecule has 0 saturated heterocycles. The van der Waals surface area contributed by atoms with Crippen molar-refractivity contribution in [1.29, 1.82) is 0 Å². The largest absolute Gasteiger partial charge is 0.481 e. The second kappa shape index (κ2) is 6.65. The minimum absolute atomic E-state index is 0.0376. The Morgan fingerprint density at radius 2 is 1.93 bits per heavy atom. The van der Waals surface area contributed by atoms with Crippen molar-refractivity contribution in [3.05, 3.63) is 30.1 Å². The monoisotopic (exact) mass is 440 g/mol. The molecule has 9 nitrogen and oxygen atoms in total. The third-order valence-corrected chi connectivity index (χ3v) is 6.23. The summed E-state index contributed by atoms with van der Waals surface area (Å²) in [4.78, 5) is 12.3. The van der Waals surface area contributed by atoms with E-state index in [0.717, 1.165) is 6.07 Å². The minimum atomic E-state index is -4.59. The number of rotatable bonds is 4. The van der Waals surface area contributed by atoms with Crippen molar-refractivity contribution in [2.45, 2.75) is 18.1 Å². The number of aryl methyl sites for hydroxylation is 1. The number of halogens is 3. The summed E-state index contributed by atoms with van der Waals surface area (Å²) in [5.41, 5.74) is -0.647. The summed E-state index contributed by atoms with van der Waals surface area (Å²) in [5, 5.41) is 3.86. The van der Waals surface area contributed by atoms with Gasteiger partial charge in [-0.05, 0) is 6.07 Å². The number of hydrogen-bond donors (Lipinski definition) is 0. The molecule has 0 fully saturated rings. The van der Waals surface area contributed by atoms with E-state index in [0.29, 0.717) is 6.20 Å². The highest BCUT2D eigenvalue weighted by atomic mass is 32.2. The van der Waals surface area contributed by atoms with Crippen LogP contribution in [-0.2, 0) is 23.1 Å². The van der Waals surface area contributed by atoms with E-state index >= 15 is 0 Å². The fourth-order valence-corrected chi connectivity index (χ4v) is 4.04. The van der Waals surface area contributed by atoms with Crippen molar-refractivity contribution < 1.29 is 26.3 Å². The van der Waals surface area contributed by atoms with Gasteiger partial charge >= 0.3 is 6.18 Å². The van der Waals surface area contributed by atoms with Crippen molar-refractivity contribution in [3.63, 3.8) is 0 Å². The smallest absolute Gasteiger partial charge is 0.417 e. The van der Waals surface area contributed by atoms with Gasteiger partial charge in [0.25, 0.3) is 0 Å². The van der Waals surface area contributed by atoms with E-state index < -0.39 is 21.6 Å². The lowest BCUT2D eigenvalue weighted by Gasteiger charge is -2.05. The molecule has 158 valence electrons. The number of nitrogens with zero attached hydrogens (tertiary/aromatic N) is 6. The number of ether oxygens (including phenoxy) is 1. The second-order valence-electron chi connectivity index (χ2n) is 6.37. The number of aromatic nitrogens is 6. The van der Waals surface area contributed by atoms with Crippen LogP contribution in [0.1, 0.15) is 12.5 Å². The van der Waals surface area contributed by atoms with E-state index in [-0.39, 0.29) is 44.9 Å². The quantitative estimate of drug-likeness (QED) is 0.480. The second-order valence-corrected chi connectivity index (χ2v) is 8.56. The fraction of sp³-hybridized carbons (Fsp3) is 0.294. The molecule has 0 aliphatic carbocycles. The zero-order valence-corrected chi connectivity index (χ0v) is 16.8. The van der Waals surface area contributed by atoms with Crippen molar-refractivity contribution in [2.24, 2.45) is 7.05 Å². The normalized spacial score (nSPS) is 12.7. The summed E-state index contributed by atoms with van der Waals surface area (Å²) in [6.07, 6.45) is -2.48. The average Bonchev–Trinajstić information content (AvgIpc) is 3.25. The Morgan fingerprint density at radius 1 is 1.20 bits per heavy atom. The van der Waals surface area contributed by atoms with Crippen molar-refractivity contribution in [3.8, 4) is 17.3 Å². The van der Waals surface area contributed by atoms with Gasteiger partial charge in [-0.25, -0.2) is 23.4 Å². The number of pyridine rings is 1. The number of methoxy groups -OCH3 is 1. The highest BCUT2D eigenvalue weighted by Gasteiger charge is 2.33. The molecule has 30 heavy (non-hydrogen) atoms. The molecule has 4 rings (SSSR count). The van der Waals surface area contributed by atoms with Crippen LogP contribution in [0.25, 0.3) is 28.2 Å². The highest BCUT2D eigenvalue weighted by Crippen LogP contribution is 2.35. The minimum Gasteiger partial charge on any atom is -0.481 e. The zero-order chi connectivity index (χ0) is 21.8. The first-order valence-corrected chi connectivity index (χ1v) is 10.3. The molecule has 0 amide bonds. The Balaban J connectivity index is 2.09. The Labute approximate surface area is 168 Å². The topological polar surface area (TPSA) is 104 Å². The van der Waals surface area contributed by atoms with Crippen LogP contribution >= 0.6 is 0 Å². The Morgan fingerprint density at radius 3 is 2.57 bits per heavy atom. The molecule has 0 radical (unpaired) electrons. The van der Waals surface area contributed by atoms with E-state index in [1.165, 1.54) is 42.4 Å². The summed E-state index contributed by atoms with van der Waals surface area (Å²) in [7, 11) is -0.915. The molecule has 0 aliphatic rings. The maximum absolute atomic E-state index is 13.1. The first kappa shape index (κ1) is 20.1. The van der Waals surface area contributed by atoms with Crippen LogP contribution in [0, 0.1) is 0 Å². The lowest BCUT2D eigenvalue weighted by atomic mass is 10.2. The van der Waals surface area contributed by atoms with Crippen LogP contribution < -0.4 is 4.74 Å². The van der Waals surface area contributed by atoms with Gasteiger partial charge < -0.3 is 9.30 Å². The molecule has 4 aromatic rings. The Kier molecular flexibility index (Phi) is 4.45. The van der Waals surface area contributed by atoms with Crippen LogP contribution in [-0.4, -0.2) is 50.4 Å². The molecular formula is C17H15F3N6O3S. The van der Waals surface area contributed by atoms with E-state index in [1.807, 2.05) is 0 Å². The first-order valence-electron chi connectivity index (χ1n) is 8.63. The molecule has 0 atom stereocenters. The van der Waals surface area contributed by atoms with Gasteiger partial charge in [0.05, 0.1) is 18.4 Å².